The van der Waals surface area contributed by atoms with E-state index >= 15 is 0 Å². The standard InChI is InChI=1S/C23H29N3O.2ClH/c1-17-8-10-18(11-9-17)14-25(2)16-22(27)26-15-20-12-24-13-21(20)23(26)19-6-4-3-5-7-19;;/h3-11,20-21,23-24H,12-16H2,1-2H3;2*1H/t20-,21-,23+;;/m0../s1. The molecule has 0 bridgehead atoms. The van der Waals surface area contributed by atoms with E-state index in [4.69, 9.17) is 0 Å². The van der Waals surface area contributed by atoms with Crippen LogP contribution in [0.25, 0.3) is 0 Å². The zero-order chi connectivity index (χ0) is 18.8. The molecular weight excluding hydrogens is 405 g/mol. The number of aryl methyl sites for hydroxylation is 1. The molecule has 4 nitrogen and oxygen atoms in total. The van der Waals surface area contributed by atoms with Crippen LogP contribution in [0.5, 0.6) is 0 Å². The first-order valence-corrected chi connectivity index (χ1v) is 9.91. The molecule has 0 saturated carbocycles. The van der Waals surface area contributed by atoms with Crippen LogP contribution < -0.4 is 5.32 Å². The Bertz CT molecular complexity index is 784. The Morgan fingerprint density at radius 2 is 1.76 bits per heavy atom. The predicted molar refractivity (Wildman–Crippen MR) is 123 cm³/mol. The van der Waals surface area contributed by atoms with Crippen LogP contribution in [0.2, 0.25) is 0 Å². The summed E-state index contributed by atoms with van der Waals surface area (Å²) in [7, 11) is 2.04. The molecule has 3 atom stereocenters. The minimum absolute atomic E-state index is 0. The number of rotatable bonds is 5. The molecule has 0 aromatic heterocycles. The van der Waals surface area contributed by atoms with Gasteiger partial charge in [-0.3, -0.25) is 9.69 Å². The SMILES string of the molecule is Cc1ccc(CN(C)CC(=O)N2C[C@@H]3CNC[C@@H]3[C@H]2c2ccccc2)cc1.Cl.Cl. The molecule has 0 radical (unpaired) electrons. The smallest absolute Gasteiger partial charge is 0.237 e. The summed E-state index contributed by atoms with van der Waals surface area (Å²) in [5.41, 5.74) is 3.78. The third-order valence-electron chi connectivity index (χ3n) is 6.00. The maximum atomic E-state index is 13.2. The Morgan fingerprint density at radius 3 is 2.45 bits per heavy atom. The number of halogens is 2. The van der Waals surface area contributed by atoms with Gasteiger partial charge in [0.05, 0.1) is 12.6 Å². The van der Waals surface area contributed by atoms with Crippen molar-refractivity contribution in [2.45, 2.75) is 19.5 Å². The van der Waals surface area contributed by atoms with Crippen LogP contribution in [0, 0.1) is 18.8 Å². The fourth-order valence-corrected chi connectivity index (χ4v) is 4.64. The number of carbonyl (C=O) groups is 1. The maximum Gasteiger partial charge on any atom is 0.237 e. The summed E-state index contributed by atoms with van der Waals surface area (Å²) < 4.78 is 0. The van der Waals surface area contributed by atoms with Gasteiger partial charge in [-0.05, 0) is 31.0 Å². The molecule has 1 N–H and O–H groups in total. The average Bonchev–Trinajstić information content (AvgIpc) is 3.25. The van der Waals surface area contributed by atoms with E-state index < -0.39 is 0 Å². The van der Waals surface area contributed by atoms with Gasteiger partial charge in [-0.25, -0.2) is 0 Å². The Hall–Kier alpha value is -1.59. The van der Waals surface area contributed by atoms with Crippen molar-refractivity contribution in [3.05, 3.63) is 71.3 Å². The highest BCUT2D eigenvalue weighted by molar-refractivity contribution is 5.85. The van der Waals surface area contributed by atoms with Gasteiger partial charge < -0.3 is 10.2 Å². The predicted octanol–water partition coefficient (Wildman–Crippen LogP) is 3.69. The number of benzene rings is 2. The lowest BCUT2D eigenvalue weighted by atomic mass is 9.89. The van der Waals surface area contributed by atoms with E-state index in [1.165, 1.54) is 16.7 Å². The number of hydrogen-bond acceptors (Lipinski definition) is 3. The molecule has 2 aliphatic rings. The largest absolute Gasteiger partial charge is 0.334 e. The molecule has 4 rings (SSSR count). The van der Waals surface area contributed by atoms with Gasteiger partial charge in [0.1, 0.15) is 0 Å². The number of hydrogen-bond donors (Lipinski definition) is 1. The van der Waals surface area contributed by atoms with E-state index in [-0.39, 0.29) is 36.8 Å². The lowest BCUT2D eigenvalue weighted by Crippen LogP contribution is -2.40. The number of carbonyl (C=O) groups excluding carboxylic acids is 1. The lowest BCUT2D eigenvalue weighted by Gasteiger charge is -2.30. The molecule has 2 aliphatic heterocycles. The minimum atomic E-state index is 0. The number of nitrogens with one attached hydrogen (secondary N) is 1. The van der Waals surface area contributed by atoms with Gasteiger partial charge >= 0.3 is 0 Å². The van der Waals surface area contributed by atoms with E-state index in [0.29, 0.717) is 18.4 Å². The Labute approximate surface area is 186 Å². The molecule has 2 saturated heterocycles. The van der Waals surface area contributed by atoms with Crippen molar-refractivity contribution < 1.29 is 4.79 Å². The summed E-state index contributed by atoms with van der Waals surface area (Å²) in [6.07, 6.45) is 0. The molecule has 6 heteroatoms. The Kier molecular flexibility index (Phi) is 8.53. The molecule has 0 unspecified atom stereocenters. The van der Waals surface area contributed by atoms with Crippen LogP contribution in [0.15, 0.2) is 54.6 Å². The molecule has 2 aromatic carbocycles. The van der Waals surface area contributed by atoms with Crippen molar-refractivity contribution >= 4 is 30.7 Å². The summed E-state index contributed by atoms with van der Waals surface area (Å²) in [6.45, 7) is 6.26. The van der Waals surface area contributed by atoms with Crippen molar-refractivity contribution in [1.29, 1.82) is 0 Å². The zero-order valence-corrected chi connectivity index (χ0v) is 18.7. The zero-order valence-electron chi connectivity index (χ0n) is 17.1. The van der Waals surface area contributed by atoms with Gasteiger partial charge in [0.25, 0.3) is 0 Å². The van der Waals surface area contributed by atoms with E-state index in [0.717, 1.165) is 26.2 Å². The Balaban J connectivity index is 0.00000150. The molecule has 2 fully saturated rings. The van der Waals surface area contributed by atoms with Crippen LogP contribution in [0.3, 0.4) is 0 Å². The molecule has 158 valence electrons. The van der Waals surface area contributed by atoms with E-state index in [1.54, 1.807) is 0 Å². The maximum absolute atomic E-state index is 13.2. The van der Waals surface area contributed by atoms with Gasteiger partial charge in [0, 0.05) is 32.1 Å². The number of nitrogens with zero attached hydrogens (tertiary/aromatic N) is 2. The molecular formula is C23H31Cl2N3O. The van der Waals surface area contributed by atoms with Gasteiger partial charge in [-0.1, -0.05) is 60.2 Å². The highest BCUT2D eigenvalue weighted by atomic mass is 35.5. The van der Waals surface area contributed by atoms with Crippen molar-refractivity contribution in [2.75, 3.05) is 33.2 Å². The van der Waals surface area contributed by atoms with Crippen molar-refractivity contribution in [3.8, 4) is 0 Å². The monoisotopic (exact) mass is 435 g/mol. The van der Waals surface area contributed by atoms with Gasteiger partial charge in [0.15, 0.2) is 0 Å². The summed E-state index contributed by atoms with van der Waals surface area (Å²) >= 11 is 0. The summed E-state index contributed by atoms with van der Waals surface area (Å²) in [6, 6.07) is 19.3. The van der Waals surface area contributed by atoms with Crippen LogP contribution in [0.1, 0.15) is 22.7 Å². The molecule has 2 heterocycles. The molecule has 1 amide bonds. The van der Waals surface area contributed by atoms with Crippen LogP contribution in [0.4, 0.5) is 0 Å². The second-order valence-corrected chi connectivity index (χ2v) is 8.14. The fourth-order valence-electron chi connectivity index (χ4n) is 4.64. The average molecular weight is 436 g/mol. The van der Waals surface area contributed by atoms with E-state index in [1.807, 2.05) is 13.1 Å². The molecule has 29 heavy (non-hydrogen) atoms. The number of fused-ring (bicyclic) bond motifs is 1. The first-order valence-electron chi connectivity index (χ1n) is 9.91. The highest BCUT2D eigenvalue weighted by Gasteiger charge is 2.46. The van der Waals surface area contributed by atoms with Crippen molar-refractivity contribution in [1.82, 2.24) is 15.1 Å². The summed E-state index contributed by atoms with van der Waals surface area (Å²) in [5.74, 6) is 1.34. The summed E-state index contributed by atoms with van der Waals surface area (Å²) in [5, 5.41) is 3.51. The number of likely N-dealkylation sites (tertiary alicyclic amines) is 1. The lowest BCUT2D eigenvalue weighted by molar-refractivity contribution is -0.133. The first-order chi connectivity index (χ1) is 13.1. The van der Waals surface area contributed by atoms with Crippen LogP contribution in [-0.2, 0) is 11.3 Å². The second kappa shape index (κ2) is 10.4. The molecule has 0 aliphatic carbocycles. The third kappa shape index (κ3) is 5.32. The minimum Gasteiger partial charge on any atom is -0.334 e. The van der Waals surface area contributed by atoms with E-state index in [2.05, 4.69) is 70.6 Å². The number of amides is 1. The summed E-state index contributed by atoms with van der Waals surface area (Å²) in [4.78, 5) is 17.4. The first kappa shape index (κ1) is 23.7. The van der Waals surface area contributed by atoms with Crippen molar-refractivity contribution in [3.63, 3.8) is 0 Å². The fraction of sp³-hybridized carbons (Fsp3) is 0.435. The topological polar surface area (TPSA) is 35.6 Å². The number of likely N-dealkylation sites (N-methyl/N-ethyl adjacent to an activating group) is 1. The quantitative estimate of drug-likeness (QED) is 0.777. The second-order valence-electron chi connectivity index (χ2n) is 8.14. The molecule has 2 aromatic rings. The van der Waals surface area contributed by atoms with Gasteiger partial charge in [0.2, 0.25) is 5.91 Å². The Morgan fingerprint density at radius 1 is 1.07 bits per heavy atom. The van der Waals surface area contributed by atoms with Crippen molar-refractivity contribution in [2.24, 2.45) is 11.8 Å². The highest BCUT2D eigenvalue weighted by Crippen LogP contribution is 2.42. The normalized spacial score (nSPS) is 22.7. The van der Waals surface area contributed by atoms with Crippen LogP contribution >= 0.6 is 24.8 Å². The third-order valence-corrected chi connectivity index (χ3v) is 6.00. The van der Waals surface area contributed by atoms with Gasteiger partial charge in [-0.2, -0.15) is 0 Å². The van der Waals surface area contributed by atoms with Gasteiger partial charge in [-0.15, -0.1) is 24.8 Å². The molecule has 0 spiro atoms. The van der Waals surface area contributed by atoms with E-state index in [9.17, 15) is 4.79 Å². The van der Waals surface area contributed by atoms with Crippen LogP contribution in [-0.4, -0.2) is 48.9 Å².